The van der Waals surface area contributed by atoms with Crippen molar-refractivity contribution in [2.24, 2.45) is 5.92 Å². The van der Waals surface area contributed by atoms with Gasteiger partial charge in [-0.15, -0.1) is 10.2 Å². The molecule has 0 aliphatic carbocycles. The van der Waals surface area contributed by atoms with Crippen LogP contribution in [0.25, 0.3) is 0 Å². The lowest BCUT2D eigenvalue weighted by atomic mass is 9.98. The zero-order valence-electron chi connectivity index (χ0n) is 10.5. The summed E-state index contributed by atoms with van der Waals surface area (Å²) in [6.07, 6.45) is 2.36. The van der Waals surface area contributed by atoms with E-state index < -0.39 is 5.97 Å². The number of hydrogen-bond donors (Lipinski definition) is 2. The summed E-state index contributed by atoms with van der Waals surface area (Å²) in [5.41, 5.74) is 0.227. The van der Waals surface area contributed by atoms with Crippen molar-refractivity contribution in [2.45, 2.75) is 12.8 Å². The maximum atomic E-state index is 11.2. The molecule has 0 spiro atoms. The Kier molecular flexibility index (Phi) is 4.46. The fourth-order valence-corrected chi connectivity index (χ4v) is 1.97. The van der Waals surface area contributed by atoms with Gasteiger partial charge in [0.2, 0.25) is 0 Å². The Labute approximate surface area is 106 Å². The normalized spacial score (nSPS) is 16.3. The van der Waals surface area contributed by atoms with Crippen molar-refractivity contribution in [3.8, 4) is 0 Å². The number of carbonyl (C=O) groups excluding carboxylic acids is 1. The molecule has 0 bridgehead atoms. The minimum absolute atomic E-state index is 0.227. The molecule has 2 heterocycles. The van der Waals surface area contributed by atoms with Gasteiger partial charge in [0.05, 0.1) is 7.11 Å². The molecular weight excluding hydrogens is 232 g/mol. The number of esters is 1. The highest BCUT2D eigenvalue weighted by Gasteiger charge is 2.13. The average Bonchev–Trinajstić information content (AvgIpc) is 2.46. The van der Waals surface area contributed by atoms with Gasteiger partial charge in [-0.25, -0.2) is 4.79 Å². The number of hydrogen-bond acceptors (Lipinski definition) is 6. The molecule has 0 aromatic carbocycles. The second kappa shape index (κ2) is 6.30. The van der Waals surface area contributed by atoms with Crippen molar-refractivity contribution < 1.29 is 9.53 Å². The van der Waals surface area contributed by atoms with Crippen LogP contribution in [0.15, 0.2) is 12.1 Å². The number of nitrogens with one attached hydrogen (secondary N) is 2. The van der Waals surface area contributed by atoms with Crippen LogP contribution in [0.3, 0.4) is 0 Å². The minimum atomic E-state index is -0.465. The second-order valence-corrected chi connectivity index (χ2v) is 4.37. The summed E-state index contributed by atoms with van der Waals surface area (Å²) < 4.78 is 4.56. The molecule has 1 saturated heterocycles. The minimum Gasteiger partial charge on any atom is -0.464 e. The van der Waals surface area contributed by atoms with Gasteiger partial charge in [0, 0.05) is 6.54 Å². The molecule has 0 atom stereocenters. The molecule has 0 unspecified atom stereocenters. The molecule has 0 saturated carbocycles. The lowest BCUT2D eigenvalue weighted by molar-refractivity contribution is 0.0593. The van der Waals surface area contributed by atoms with Gasteiger partial charge in [-0.2, -0.15) is 0 Å². The molecule has 1 aliphatic rings. The van der Waals surface area contributed by atoms with E-state index in [4.69, 9.17) is 0 Å². The SMILES string of the molecule is COC(=O)c1ccc(NCC2CCNCC2)nn1. The number of piperidine rings is 1. The summed E-state index contributed by atoms with van der Waals surface area (Å²) in [6, 6.07) is 3.37. The van der Waals surface area contributed by atoms with E-state index in [1.165, 1.54) is 20.0 Å². The molecule has 6 heteroatoms. The van der Waals surface area contributed by atoms with Crippen LogP contribution in [0.4, 0.5) is 5.82 Å². The van der Waals surface area contributed by atoms with Crippen LogP contribution >= 0.6 is 0 Å². The summed E-state index contributed by atoms with van der Waals surface area (Å²) in [5, 5.41) is 14.3. The lowest BCUT2D eigenvalue weighted by Crippen LogP contribution is -2.31. The second-order valence-electron chi connectivity index (χ2n) is 4.37. The van der Waals surface area contributed by atoms with Crippen LogP contribution in [-0.4, -0.2) is 42.9 Å². The van der Waals surface area contributed by atoms with Gasteiger partial charge in [-0.3, -0.25) is 0 Å². The molecule has 0 amide bonds. The Bertz CT molecular complexity index is 388. The van der Waals surface area contributed by atoms with Crippen LogP contribution in [0.2, 0.25) is 0 Å². The Morgan fingerprint density at radius 3 is 2.83 bits per heavy atom. The molecule has 1 fully saturated rings. The Hall–Kier alpha value is -1.69. The molecule has 18 heavy (non-hydrogen) atoms. The third kappa shape index (κ3) is 3.40. The molecule has 1 aromatic rings. The highest BCUT2D eigenvalue weighted by atomic mass is 16.5. The molecule has 1 aromatic heterocycles. The van der Waals surface area contributed by atoms with Crippen molar-refractivity contribution in [2.75, 3.05) is 32.1 Å². The van der Waals surface area contributed by atoms with Gasteiger partial charge < -0.3 is 15.4 Å². The van der Waals surface area contributed by atoms with E-state index in [1.54, 1.807) is 12.1 Å². The van der Waals surface area contributed by atoms with Gasteiger partial charge in [-0.1, -0.05) is 0 Å². The summed E-state index contributed by atoms with van der Waals surface area (Å²) in [4.78, 5) is 11.2. The lowest BCUT2D eigenvalue weighted by Gasteiger charge is -2.22. The first-order valence-electron chi connectivity index (χ1n) is 6.16. The maximum Gasteiger partial charge on any atom is 0.358 e. The number of nitrogens with zero attached hydrogens (tertiary/aromatic N) is 2. The third-order valence-corrected chi connectivity index (χ3v) is 3.09. The van der Waals surface area contributed by atoms with Crippen molar-refractivity contribution in [1.29, 1.82) is 0 Å². The first-order valence-corrected chi connectivity index (χ1v) is 6.16. The predicted molar refractivity (Wildman–Crippen MR) is 67.5 cm³/mol. The first-order chi connectivity index (χ1) is 8.79. The number of anilines is 1. The zero-order valence-corrected chi connectivity index (χ0v) is 10.5. The van der Waals surface area contributed by atoms with Gasteiger partial charge in [0.1, 0.15) is 5.82 Å². The number of ether oxygens (including phenoxy) is 1. The fraction of sp³-hybridized carbons (Fsp3) is 0.583. The Morgan fingerprint density at radius 1 is 1.44 bits per heavy atom. The van der Waals surface area contributed by atoms with Gasteiger partial charge >= 0.3 is 5.97 Å². The van der Waals surface area contributed by atoms with Gasteiger partial charge in [0.25, 0.3) is 0 Å². The van der Waals surface area contributed by atoms with Crippen LogP contribution in [0.1, 0.15) is 23.3 Å². The van der Waals surface area contributed by atoms with Gasteiger partial charge in [-0.05, 0) is 44.0 Å². The van der Waals surface area contributed by atoms with E-state index in [1.807, 2.05) is 0 Å². The number of methoxy groups -OCH3 is 1. The van der Waals surface area contributed by atoms with Crippen molar-refractivity contribution in [3.05, 3.63) is 17.8 Å². The first kappa shape index (κ1) is 12.8. The van der Waals surface area contributed by atoms with Crippen molar-refractivity contribution in [3.63, 3.8) is 0 Å². The van der Waals surface area contributed by atoms with Crippen molar-refractivity contribution in [1.82, 2.24) is 15.5 Å². The molecular formula is C12H18N4O2. The monoisotopic (exact) mass is 250 g/mol. The van der Waals surface area contributed by atoms with E-state index in [9.17, 15) is 4.79 Å². The molecule has 1 aliphatic heterocycles. The topological polar surface area (TPSA) is 76.1 Å². The molecule has 98 valence electrons. The van der Waals surface area contributed by atoms with E-state index in [-0.39, 0.29) is 5.69 Å². The quantitative estimate of drug-likeness (QED) is 0.765. The number of carbonyl (C=O) groups is 1. The van der Waals surface area contributed by atoms with Crippen LogP contribution in [0.5, 0.6) is 0 Å². The summed E-state index contributed by atoms with van der Waals surface area (Å²) >= 11 is 0. The Balaban J connectivity index is 1.84. The molecule has 2 rings (SSSR count). The molecule has 0 radical (unpaired) electrons. The van der Waals surface area contributed by atoms with E-state index in [2.05, 4.69) is 25.6 Å². The van der Waals surface area contributed by atoms with Crippen molar-refractivity contribution >= 4 is 11.8 Å². The smallest absolute Gasteiger partial charge is 0.358 e. The van der Waals surface area contributed by atoms with Crippen LogP contribution in [-0.2, 0) is 4.74 Å². The van der Waals surface area contributed by atoms with E-state index >= 15 is 0 Å². The number of aromatic nitrogens is 2. The van der Waals surface area contributed by atoms with E-state index in [0.29, 0.717) is 11.7 Å². The molecule has 6 nitrogen and oxygen atoms in total. The highest BCUT2D eigenvalue weighted by molar-refractivity contribution is 5.86. The highest BCUT2D eigenvalue weighted by Crippen LogP contribution is 2.12. The van der Waals surface area contributed by atoms with E-state index in [0.717, 1.165) is 19.6 Å². The molecule has 2 N–H and O–H groups in total. The summed E-state index contributed by atoms with van der Waals surface area (Å²) in [6.45, 7) is 3.06. The van der Waals surface area contributed by atoms with Gasteiger partial charge in [0.15, 0.2) is 5.69 Å². The zero-order chi connectivity index (χ0) is 12.8. The summed E-state index contributed by atoms with van der Waals surface area (Å²) in [7, 11) is 1.33. The fourth-order valence-electron chi connectivity index (χ4n) is 1.97. The third-order valence-electron chi connectivity index (χ3n) is 3.09. The number of rotatable bonds is 4. The largest absolute Gasteiger partial charge is 0.464 e. The Morgan fingerprint density at radius 2 is 2.22 bits per heavy atom. The van der Waals surface area contributed by atoms with Crippen LogP contribution < -0.4 is 10.6 Å². The average molecular weight is 250 g/mol. The summed E-state index contributed by atoms with van der Waals surface area (Å²) in [5.74, 6) is 0.905. The maximum absolute atomic E-state index is 11.2. The van der Waals surface area contributed by atoms with Crippen LogP contribution in [0, 0.1) is 5.92 Å². The predicted octanol–water partition coefficient (Wildman–Crippen LogP) is 0.675. The standard InChI is InChI=1S/C12H18N4O2/c1-18-12(17)10-2-3-11(16-15-10)14-8-9-4-6-13-7-5-9/h2-3,9,13H,4-8H2,1H3,(H,14,16).